The van der Waals surface area contributed by atoms with Crippen LogP contribution in [0.15, 0.2) is 91.0 Å². The van der Waals surface area contributed by atoms with E-state index in [9.17, 15) is 9.59 Å². The average molecular weight is 472 g/mol. The van der Waals surface area contributed by atoms with Crippen molar-refractivity contribution in [2.75, 3.05) is 18.4 Å². The van der Waals surface area contributed by atoms with E-state index in [0.29, 0.717) is 24.6 Å². The predicted octanol–water partition coefficient (Wildman–Crippen LogP) is 4.69. The van der Waals surface area contributed by atoms with Gasteiger partial charge in [-0.15, -0.1) is 0 Å². The molecule has 0 spiro atoms. The molecule has 5 nitrogen and oxygen atoms in total. The number of hydrogen-bond donors (Lipinski definition) is 1. The summed E-state index contributed by atoms with van der Waals surface area (Å²) in [6.45, 7) is 1.14. The Bertz CT molecular complexity index is 1110. The molecule has 1 heterocycles. The van der Waals surface area contributed by atoms with Gasteiger partial charge in [0.2, 0.25) is 5.91 Å². The fourth-order valence-electron chi connectivity index (χ4n) is 4.24. The Morgan fingerprint density at radius 1 is 0.794 bits per heavy atom. The van der Waals surface area contributed by atoms with E-state index in [1.54, 1.807) is 4.90 Å². The third kappa shape index (κ3) is 6.08. The Kier molecular flexibility index (Phi) is 8.04. The number of rotatable bonds is 10. The summed E-state index contributed by atoms with van der Waals surface area (Å²) in [4.78, 5) is 29.8. The van der Waals surface area contributed by atoms with E-state index in [2.05, 4.69) is 17.4 Å². The van der Waals surface area contributed by atoms with Gasteiger partial charge in [-0.05, 0) is 54.7 Å². The fourth-order valence-corrected chi connectivity index (χ4v) is 4.64. The van der Waals surface area contributed by atoms with Gasteiger partial charge in [-0.1, -0.05) is 78.9 Å². The maximum atomic E-state index is 13.4. The lowest BCUT2D eigenvalue weighted by molar-refractivity contribution is -0.130. The van der Waals surface area contributed by atoms with Crippen LogP contribution in [-0.2, 0) is 22.4 Å². The van der Waals surface area contributed by atoms with Crippen molar-refractivity contribution in [2.24, 2.45) is 0 Å². The molecule has 0 saturated carbocycles. The van der Waals surface area contributed by atoms with Crippen molar-refractivity contribution in [3.8, 4) is 0 Å². The van der Waals surface area contributed by atoms with Crippen molar-refractivity contribution in [3.63, 3.8) is 0 Å². The van der Waals surface area contributed by atoms with Crippen molar-refractivity contribution in [3.05, 3.63) is 102 Å². The van der Waals surface area contributed by atoms with Gasteiger partial charge in [0, 0.05) is 18.8 Å². The molecule has 1 N–H and O–H groups in total. The third-order valence-electron chi connectivity index (χ3n) is 6.01. The van der Waals surface area contributed by atoms with Crippen LogP contribution >= 0.6 is 12.2 Å². The van der Waals surface area contributed by atoms with Crippen LogP contribution in [0.4, 0.5) is 5.69 Å². The van der Waals surface area contributed by atoms with Gasteiger partial charge in [0.15, 0.2) is 5.11 Å². The summed E-state index contributed by atoms with van der Waals surface area (Å²) in [6, 6.07) is 29.0. The molecule has 0 aliphatic carbocycles. The molecule has 0 radical (unpaired) electrons. The van der Waals surface area contributed by atoms with Crippen molar-refractivity contribution in [1.82, 2.24) is 9.80 Å². The number of nitrogens with one attached hydrogen (secondary N) is 1. The van der Waals surface area contributed by atoms with Crippen LogP contribution in [0.25, 0.3) is 0 Å². The topological polar surface area (TPSA) is 52.7 Å². The van der Waals surface area contributed by atoms with Crippen LogP contribution in [0.3, 0.4) is 0 Å². The lowest BCUT2D eigenvalue weighted by atomic mass is 10.1. The van der Waals surface area contributed by atoms with Crippen LogP contribution in [-0.4, -0.2) is 45.9 Å². The van der Waals surface area contributed by atoms with E-state index in [4.69, 9.17) is 12.2 Å². The van der Waals surface area contributed by atoms with Crippen LogP contribution in [0.1, 0.15) is 24.0 Å². The molecular formula is C28H29N3O2S. The second-order valence-electron chi connectivity index (χ2n) is 8.42. The maximum absolute atomic E-state index is 13.4. The van der Waals surface area contributed by atoms with Gasteiger partial charge >= 0.3 is 0 Å². The number of nitrogens with zero attached hydrogens (tertiary/aromatic N) is 2. The number of aryl methyl sites for hydroxylation is 1. The zero-order chi connectivity index (χ0) is 23.8. The molecule has 3 aromatic rings. The molecule has 6 heteroatoms. The second kappa shape index (κ2) is 11.6. The Morgan fingerprint density at radius 3 is 1.97 bits per heavy atom. The molecule has 0 aromatic heterocycles. The molecule has 34 heavy (non-hydrogen) atoms. The van der Waals surface area contributed by atoms with E-state index in [1.165, 1.54) is 5.56 Å². The third-order valence-corrected chi connectivity index (χ3v) is 6.47. The Labute approximate surface area is 206 Å². The lowest BCUT2D eigenvalue weighted by Crippen LogP contribution is -2.38. The Morgan fingerprint density at radius 2 is 1.35 bits per heavy atom. The number of amides is 2. The summed E-state index contributed by atoms with van der Waals surface area (Å²) >= 11 is 5.74. The summed E-state index contributed by atoms with van der Waals surface area (Å²) in [6.07, 6.45) is 2.52. The molecule has 0 unspecified atom stereocenters. The van der Waals surface area contributed by atoms with Gasteiger partial charge in [-0.3, -0.25) is 14.5 Å². The zero-order valence-corrected chi connectivity index (χ0v) is 19.9. The van der Waals surface area contributed by atoms with Crippen molar-refractivity contribution >= 4 is 34.8 Å². The maximum Gasteiger partial charge on any atom is 0.252 e. The number of para-hydroxylation sites is 1. The first kappa shape index (κ1) is 23.6. The minimum atomic E-state index is -0.581. The number of hydrogen-bond acceptors (Lipinski definition) is 3. The van der Waals surface area contributed by atoms with Crippen molar-refractivity contribution in [1.29, 1.82) is 0 Å². The summed E-state index contributed by atoms with van der Waals surface area (Å²) in [7, 11) is 0. The molecule has 3 aromatic carbocycles. The summed E-state index contributed by atoms with van der Waals surface area (Å²) in [5.41, 5.74) is 3.12. The molecule has 1 aliphatic rings. The van der Waals surface area contributed by atoms with Gasteiger partial charge in [0.05, 0.1) is 6.42 Å². The first-order valence-corrected chi connectivity index (χ1v) is 12.1. The zero-order valence-electron chi connectivity index (χ0n) is 19.1. The minimum Gasteiger partial charge on any atom is -0.336 e. The van der Waals surface area contributed by atoms with Crippen molar-refractivity contribution in [2.45, 2.75) is 31.7 Å². The van der Waals surface area contributed by atoms with Crippen molar-refractivity contribution < 1.29 is 9.59 Å². The van der Waals surface area contributed by atoms with Gasteiger partial charge in [-0.25, -0.2) is 0 Å². The first-order chi connectivity index (χ1) is 16.6. The normalized spacial score (nSPS) is 15.6. The number of thiocarbonyl (C=S) groups is 1. The molecule has 174 valence electrons. The quantitative estimate of drug-likeness (QED) is 0.436. The summed E-state index contributed by atoms with van der Waals surface area (Å²) in [5, 5.41) is 3.42. The highest BCUT2D eigenvalue weighted by atomic mass is 32.1. The molecule has 2 amide bonds. The first-order valence-electron chi connectivity index (χ1n) is 11.7. The summed E-state index contributed by atoms with van der Waals surface area (Å²) in [5.74, 6) is -0.283. The Hall–Kier alpha value is -3.51. The molecule has 4 rings (SSSR count). The van der Waals surface area contributed by atoms with E-state index < -0.39 is 6.04 Å². The Balaban J connectivity index is 1.44. The largest absolute Gasteiger partial charge is 0.336 e. The van der Waals surface area contributed by atoms with Gasteiger partial charge in [0.25, 0.3) is 5.91 Å². The van der Waals surface area contributed by atoms with Crippen LogP contribution in [0.2, 0.25) is 0 Å². The minimum absolute atomic E-state index is 0.0705. The number of carbonyl (C=O) groups is 2. The lowest BCUT2D eigenvalue weighted by Gasteiger charge is -2.24. The molecule has 0 bridgehead atoms. The molecule has 1 atom stereocenters. The number of anilines is 1. The highest BCUT2D eigenvalue weighted by Gasteiger charge is 2.42. The molecule has 1 saturated heterocycles. The van der Waals surface area contributed by atoms with E-state index in [-0.39, 0.29) is 18.2 Å². The fraction of sp³-hybridized carbons (Fsp3) is 0.250. The highest BCUT2D eigenvalue weighted by molar-refractivity contribution is 7.80. The van der Waals surface area contributed by atoms with Crippen LogP contribution in [0.5, 0.6) is 0 Å². The molecule has 1 aliphatic heterocycles. The SMILES string of the molecule is O=C(C[C@H]1C(=O)N(CCc2ccccc2)C(=S)N1CCCc1ccccc1)Nc1ccccc1. The number of carbonyl (C=O) groups excluding carboxylic acids is 2. The highest BCUT2D eigenvalue weighted by Crippen LogP contribution is 2.23. The monoisotopic (exact) mass is 471 g/mol. The van der Waals surface area contributed by atoms with E-state index in [0.717, 1.165) is 24.1 Å². The van der Waals surface area contributed by atoms with Crippen LogP contribution in [0, 0.1) is 0 Å². The van der Waals surface area contributed by atoms with Gasteiger partial charge in [-0.2, -0.15) is 0 Å². The van der Waals surface area contributed by atoms with Crippen LogP contribution < -0.4 is 5.32 Å². The van der Waals surface area contributed by atoms with Gasteiger partial charge in [0.1, 0.15) is 6.04 Å². The van der Waals surface area contributed by atoms with Gasteiger partial charge < -0.3 is 10.2 Å². The second-order valence-corrected chi connectivity index (χ2v) is 8.79. The molecule has 1 fully saturated rings. The van der Waals surface area contributed by atoms with E-state index >= 15 is 0 Å². The standard InChI is InChI=1S/C28H29N3O2S/c32-26(29-24-16-8-3-9-17-24)21-25-27(33)31(20-18-23-13-6-2-7-14-23)28(34)30(25)19-10-15-22-11-4-1-5-12-22/h1-9,11-14,16-17,25H,10,15,18-21H2,(H,29,32)/t25-/m0/s1. The summed E-state index contributed by atoms with van der Waals surface area (Å²) < 4.78 is 0. The molecular weight excluding hydrogens is 442 g/mol. The average Bonchev–Trinajstić information content (AvgIpc) is 3.08. The van der Waals surface area contributed by atoms with E-state index in [1.807, 2.05) is 83.8 Å². The predicted molar refractivity (Wildman–Crippen MR) is 139 cm³/mol. The smallest absolute Gasteiger partial charge is 0.252 e. The number of benzene rings is 3.